The van der Waals surface area contributed by atoms with E-state index in [4.69, 9.17) is 4.74 Å². The number of aromatic nitrogens is 2. The summed E-state index contributed by atoms with van der Waals surface area (Å²) in [7, 11) is 0. The van der Waals surface area contributed by atoms with E-state index in [9.17, 15) is 4.79 Å². The number of ether oxygens (including phenoxy) is 1. The molecule has 3 aromatic rings. The summed E-state index contributed by atoms with van der Waals surface area (Å²) >= 11 is 0. The average molecular weight is 362 g/mol. The molecule has 0 bridgehead atoms. The zero-order valence-corrected chi connectivity index (χ0v) is 15.6. The largest absolute Gasteiger partial charge is 0.489 e. The van der Waals surface area contributed by atoms with Gasteiger partial charge in [0.2, 0.25) is 0 Å². The highest BCUT2D eigenvalue weighted by molar-refractivity contribution is 6.03. The Labute approximate surface area is 158 Å². The fraction of sp³-hybridized carbons (Fsp3) is 0.190. The van der Waals surface area contributed by atoms with Crippen molar-refractivity contribution in [3.05, 3.63) is 72.2 Å². The number of benzene rings is 2. The highest BCUT2D eigenvalue weighted by Crippen LogP contribution is 2.27. The quantitative estimate of drug-likeness (QED) is 0.672. The lowest BCUT2D eigenvalue weighted by atomic mass is 10.2. The van der Waals surface area contributed by atoms with Gasteiger partial charge in [-0.25, -0.2) is 9.97 Å². The molecule has 0 spiro atoms. The van der Waals surface area contributed by atoms with Crippen LogP contribution in [0.1, 0.15) is 29.9 Å². The van der Waals surface area contributed by atoms with Crippen LogP contribution in [0.25, 0.3) is 0 Å². The minimum absolute atomic E-state index is 0.0498. The first-order valence-corrected chi connectivity index (χ1v) is 8.74. The van der Waals surface area contributed by atoms with Crippen molar-refractivity contribution in [3.63, 3.8) is 0 Å². The molecule has 2 N–H and O–H groups in total. The summed E-state index contributed by atoms with van der Waals surface area (Å²) in [5.41, 5.74) is 2.79. The number of nitrogens with zero attached hydrogens (tertiary/aromatic N) is 2. The van der Waals surface area contributed by atoms with Gasteiger partial charge in [0, 0.05) is 11.8 Å². The zero-order chi connectivity index (χ0) is 19.2. The van der Waals surface area contributed by atoms with Crippen molar-refractivity contribution < 1.29 is 9.53 Å². The van der Waals surface area contributed by atoms with E-state index in [1.54, 1.807) is 6.07 Å². The third kappa shape index (κ3) is 4.82. The van der Waals surface area contributed by atoms with E-state index in [1.807, 2.05) is 69.3 Å². The fourth-order valence-corrected chi connectivity index (χ4v) is 2.51. The maximum atomic E-state index is 12.5. The minimum atomic E-state index is -0.290. The van der Waals surface area contributed by atoms with Crippen molar-refractivity contribution >= 4 is 23.1 Å². The monoisotopic (exact) mass is 362 g/mol. The number of aryl methyl sites for hydroxylation is 1. The van der Waals surface area contributed by atoms with Crippen LogP contribution < -0.4 is 15.4 Å². The first-order valence-electron chi connectivity index (χ1n) is 8.74. The van der Waals surface area contributed by atoms with Crippen molar-refractivity contribution in [1.82, 2.24) is 9.97 Å². The number of hydrogen-bond acceptors (Lipinski definition) is 5. The molecule has 0 fully saturated rings. The van der Waals surface area contributed by atoms with E-state index < -0.39 is 0 Å². The van der Waals surface area contributed by atoms with E-state index in [1.165, 1.54) is 6.33 Å². The molecule has 0 aliphatic carbocycles. The standard InChI is InChI=1S/C21H22N4O2/c1-14(2)27-19-11-7-6-10-17(19)24-20-12-18(22-13-23-20)21(26)25-16-9-5-4-8-15(16)3/h4-14H,1-3H3,(H,25,26)(H,22,23,24). The minimum Gasteiger partial charge on any atom is -0.489 e. The molecule has 2 aromatic carbocycles. The third-order valence-corrected chi connectivity index (χ3v) is 3.81. The highest BCUT2D eigenvalue weighted by atomic mass is 16.5. The summed E-state index contributed by atoms with van der Waals surface area (Å²) in [6, 6.07) is 16.8. The van der Waals surface area contributed by atoms with Gasteiger partial charge >= 0.3 is 0 Å². The Hall–Kier alpha value is -3.41. The topological polar surface area (TPSA) is 76.1 Å². The van der Waals surface area contributed by atoms with Gasteiger partial charge in [0.25, 0.3) is 5.91 Å². The van der Waals surface area contributed by atoms with E-state index in [0.717, 1.165) is 22.7 Å². The molecule has 0 atom stereocenters. The van der Waals surface area contributed by atoms with Crippen LogP contribution in [0, 0.1) is 6.92 Å². The Morgan fingerprint density at radius 1 is 1.00 bits per heavy atom. The second-order valence-electron chi connectivity index (χ2n) is 6.35. The molecule has 0 aliphatic rings. The third-order valence-electron chi connectivity index (χ3n) is 3.81. The van der Waals surface area contributed by atoms with Gasteiger partial charge < -0.3 is 15.4 Å². The Morgan fingerprint density at radius 3 is 2.44 bits per heavy atom. The van der Waals surface area contributed by atoms with Crippen LogP contribution in [0.15, 0.2) is 60.9 Å². The Bertz CT molecular complexity index is 941. The molecular weight excluding hydrogens is 340 g/mol. The van der Waals surface area contributed by atoms with Gasteiger partial charge in [0.1, 0.15) is 23.6 Å². The number of carbonyl (C=O) groups is 1. The molecule has 6 nitrogen and oxygen atoms in total. The van der Waals surface area contributed by atoms with Crippen molar-refractivity contribution in [2.24, 2.45) is 0 Å². The van der Waals surface area contributed by atoms with Gasteiger partial charge in [-0.1, -0.05) is 30.3 Å². The number of hydrogen-bond donors (Lipinski definition) is 2. The molecular formula is C21H22N4O2. The molecule has 0 saturated carbocycles. The summed E-state index contributed by atoms with van der Waals surface area (Å²) in [5, 5.41) is 6.07. The second kappa shape index (κ2) is 8.31. The summed E-state index contributed by atoms with van der Waals surface area (Å²) in [6.07, 6.45) is 1.41. The molecule has 0 unspecified atom stereocenters. The van der Waals surface area contributed by atoms with Crippen LogP contribution in [0.3, 0.4) is 0 Å². The maximum absolute atomic E-state index is 12.5. The van der Waals surface area contributed by atoms with Crippen molar-refractivity contribution in [1.29, 1.82) is 0 Å². The van der Waals surface area contributed by atoms with Crippen LogP contribution in [0.5, 0.6) is 5.75 Å². The van der Waals surface area contributed by atoms with Crippen LogP contribution in [0.4, 0.5) is 17.2 Å². The lowest BCUT2D eigenvalue weighted by molar-refractivity contribution is 0.102. The van der Waals surface area contributed by atoms with Gasteiger partial charge in [0.05, 0.1) is 11.8 Å². The number of amides is 1. The number of rotatable bonds is 6. The lowest BCUT2D eigenvalue weighted by Crippen LogP contribution is -2.15. The van der Waals surface area contributed by atoms with Gasteiger partial charge in [-0.3, -0.25) is 4.79 Å². The molecule has 0 saturated heterocycles. The second-order valence-corrected chi connectivity index (χ2v) is 6.35. The molecule has 3 rings (SSSR count). The molecule has 0 radical (unpaired) electrons. The predicted octanol–water partition coefficient (Wildman–Crippen LogP) is 4.57. The van der Waals surface area contributed by atoms with E-state index >= 15 is 0 Å². The van der Waals surface area contributed by atoms with Crippen LogP contribution in [-0.2, 0) is 0 Å². The number of nitrogens with one attached hydrogen (secondary N) is 2. The molecule has 1 heterocycles. The summed E-state index contributed by atoms with van der Waals surface area (Å²) in [4.78, 5) is 20.8. The van der Waals surface area contributed by atoms with Gasteiger partial charge in [-0.15, -0.1) is 0 Å². The zero-order valence-electron chi connectivity index (χ0n) is 15.6. The summed E-state index contributed by atoms with van der Waals surface area (Å²) in [6.45, 7) is 5.87. The van der Waals surface area contributed by atoms with Crippen molar-refractivity contribution in [3.8, 4) is 5.75 Å². The number of anilines is 3. The Balaban J connectivity index is 1.78. The van der Waals surface area contributed by atoms with Gasteiger partial charge in [0.15, 0.2) is 0 Å². The SMILES string of the molecule is Cc1ccccc1NC(=O)c1cc(Nc2ccccc2OC(C)C)ncn1. The maximum Gasteiger partial charge on any atom is 0.274 e. The normalized spacial score (nSPS) is 10.5. The van der Waals surface area contributed by atoms with E-state index in [-0.39, 0.29) is 17.7 Å². The van der Waals surface area contributed by atoms with Crippen LogP contribution >= 0.6 is 0 Å². The first-order chi connectivity index (χ1) is 13.0. The summed E-state index contributed by atoms with van der Waals surface area (Å²) in [5.74, 6) is 0.943. The first kappa shape index (κ1) is 18.4. The van der Waals surface area contributed by atoms with E-state index in [0.29, 0.717) is 5.82 Å². The number of carbonyl (C=O) groups excluding carboxylic acids is 1. The van der Waals surface area contributed by atoms with Crippen LogP contribution in [0.2, 0.25) is 0 Å². The molecule has 1 amide bonds. The molecule has 27 heavy (non-hydrogen) atoms. The van der Waals surface area contributed by atoms with Gasteiger partial charge in [-0.05, 0) is 44.5 Å². The summed E-state index contributed by atoms with van der Waals surface area (Å²) < 4.78 is 5.80. The fourth-order valence-electron chi connectivity index (χ4n) is 2.51. The van der Waals surface area contributed by atoms with Crippen LogP contribution in [-0.4, -0.2) is 22.0 Å². The Kier molecular flexibility index (Phi) is 5.66. The highest BCUT2D eigenvalue weighted by Gasteiger charge is 2.12. The molecule has 0 aliphatic heterocycles. The Morgan fingerprint density at radius 2 is 1.70 bits per heavy atom. The van der Waals surface area contributed by atoms with E-state index in [2.05, 4.69) is 20.6 Å². The van der Waals surface area contributed by atoms with Crippen molar-refractivity contribution in [2.45, 2.75) is 26.9 Å². The molecule has 6 heteroatoms. The molecule has 138 valence electrons. The van der Waals surface area contributed by atoms with Gasteiger partial charge in [-0.2, -0.15) is 0 Å². The average Bonchev–Trinajstić information content (AvgIpc) is 2.65. The predicted molar refractivity (Wildman–Crippen MR) is 107 cm³/mol. The van der Waals surface area contributed by atoms with Crippen molar-refractivity contribution in [2.75, 3.05) is 10.6 Å². The number of para-hydroxylation sites is 3. The lowest BCUT2D eigenvalue weighted by Gasteiger charge is -2.15. The molecule has 1 aromatic heterocycles. The smallest absolute Gasteiger partial charge is 0.274 e.